The fourth-order valence-electron chi connectivity index (χ4n) is 1.09. The molecular weight excluding hydrogens is 220 g/mol. The Morgan fingerprint density at radius 1 is 1.56 bits per heavy atom. The number of hydrogen-bond acceptors (Lipinski definition) is 7. The highest BCUT2D eigenvalue weighted by Crippen LogP contribution is 2.21. The molecule has 0 spiro atoms. The summed E-state index contributed by atoms with van der Waals surface area (Å²) in [5.74, 6) is -3.35. The third kappa shape index (κ3) is 2.43. The summed E-state index contributed by atoms with van der Waals surface area (Å²) in [4.78, 5) is 21.6. The Bertz CT molecular complexity index is 333. The zero-order chi connectivity index (χ0) is 12.3. The largest absolute Gasteiger partial charge is 0.505 e. The number of esters is 2. The second-order valence-electron chi connectivity index (χ2n) is 3.16. The van der Waals surface area contributed by atoms with E-state index in [1.165, 1.54) is 0 Å². The van der Waals surface area contributed by atoms with Crippen LogP contribution in [-0.4, -0.2) is 46.1 Å². The maximum absolute atomic E-state index is 10.8. The standard InChI is InChI=1S/C9H12O7/c1-2-5(11)15-3-4(10)8-6(12)7(13)9(14)16-8/h4,8,10,12-13H,2-3H2,1H3. The van der Waals surface area contributed by atoms with Gasteiger partial charge in [-0.15, -0.1) is 0 Å². The third-order valence-electron chi connectivity index (χ3n) is 1.99. The Hall–Kier alpha value is -1.76. The highest BCUT2D eigenvalue weighted by atomic mass is 16.6. The number of carbonyl (C=O) groups excluding carboxylic acids is 2. The quantitative estimate of drug-likeness (QED) is 0.562. The summed E-state index contributed by atoms with van der Waals surface area (Å²) >= 11 is 0. The van der Waals surface area contributed by atoms with Crippen LogP contribution in [0.1, 0.15) is 13.3 Å². The van der Waals surface area contributed by atoms with Gasteiger partial charge >= 0.3 is 11.9 Å². The highest BCUT2D eigenvalue weighted by Gasteiger charge is 2.39. The molecule has 1 rings (SSSR count). The first-order valence-electron chi connectivity index (χ1n) is 4.64. The Morgan fingerprint density at radius 2 is 2.19 bits per heavy atom. The van der Waals surface area contributed by atoms with Gasteiger partial charge in [0, 0.05) is 6.42 Å². The minimum absolute atomic E-state index is 0.143. The van der Waals surface area contributed by atoms with Crippen molar-refractivity contribution in [2.45, 2.75) is 25.6 Å². The second kappa shape index (κ2) is 4.84. The van der Waals surface area contributed by atoms with Gasteiger partial charge in [-0.05, 0) is 0 Å². The van der Waals surface area contributed by atoms with Crippen LogP contribution in [-0.2, 0) is 19.1 Å². The van der Waals surface area contributed by atoms with Gasteiger partial charge in [-0.2, -0.15) is 0 Å². The molecule has 0 amide bonds. The van der Waals surface area contributed by atoms with Crippen LogP contribution in [0.4, 0.5) is 0 Å². The van der Waals surface area contributed by atoms with E-state index in [-0.39, 0.29) is 6.42 Å². The first kappa shape index (κ1) is 12.3. The van der Waals surface area contributed by atoms with Gasteiger partial charge in [-0.3, -0.25) is 4.79 Å². The first-order valence-corrected chi connectivity index (χ1v) is 4.64. The molecule has 1 aliphatic rings. The van der Waals surface area contributed by atoms with Crippen LogP contribution in [0.25, 0.3) is 0 Å². The smallest absolute Gasteiger partial charge is 0.377 e. The molecule has 7 heteroatoms. The van der Waals surface area contributed by atoms with Crippen molar-refractivity contribution < 1.29 is 34.4 Å². The van der Waals surface area contributed by atoms with Crippen molar-refractivity contribution in [1.82, 2.24) is 0 Å². The van der Waals surface area contributed by atoms with Crippen molar-refractivity contribution in [3.05, 3.63) is 11.5 Å². The van der Waals surface area contributed by atoms with E-state index in [9.17, 15) is 19.8 Å². The van der Waals surface area contributed by atoms with Gasteiger partial charge in [-0.25, -0.2) is 4.79 Å². The fraction of sp³-hybridized carbons (Fsp3) is 0.556. The van der Waals surface area contributed by atoms with Crippen LogP contribution in [0, 0.1) is 0 Å². The van der Waals surface area contributed by atoms with E-state index >= 15 is 0 Å². The number of hydrogen-bond donors (Lipinski definition) is 3. The van der Waals surface area contributed by atoms with Crippen LogP contribution >= 0.6 is 0 Å². The van der Waals surface area contributed by atoms with E-state index in [0.717, 1.165) is 0 Å². The van der Waals surface area contributed by atoms with Crippen molar-refractivity contribution in [2.75, 3.05) is 6.61 Å². The lowest BCUT2D eigenvalue weighted by Crippen LogP contribution is -2.33. The maximum Gasteiger partial charge on any atom is 0.377 e. The summed E-state index contributed by atoms with van der Waals surface area (Å²) in [7, 11) is 0. The summed E-state index contributed by atoms with van der Waals surface area (Å²) in [5.41, 5.74) is 0. The van der Waals surface area contributed by atoms with Gasteiger partial charge in [0.2, 0.25) is 5.76 Å². The molecule has 0 aliphatic carbocycles. The van der Waals surface area contributed by atoms with Crippen molar-refractivity contribution in [2.24, 2.45) is 0 Å². The topological polar surface area (TPSA) is 113 Å². The fourth-order valence-corrected chi connectivity index (χ4v) is 1.09. The van der Waals surface area contributed by atoms with Gasteiger partial charge in [0.05, 0.1) is 0 Å². The summed E-state index contributed by atoms with van der Waals surface area (Å²) in [6.45, 7) is 1.15. The first-order chi connectivity index (χ1) is 7.47. The minimum Gasteiger partial charge on any atom is -0.505 e. The Labute approximate surface area is 90.9 Å². The normalized spacial score (nSPS) is 21.9. The zero-order valence-electron chi connectivity index (χ0n) is 8.54. The SMILES string of the molecule is CCC(=O)OCC(O)C1OC(=O)C(O)=C1O. The molecule has 0 fully saturated rings. The lowest BCUT2D eigenvalue weighted by Gasteiger charge is -2.16. The van der Waals surface area contributed by atoms with E-state index in [4.69, 9.17) is 5.11 Å². The van der Waals surface area contributed by atoms with Crippen molar-refractivity contribution in [3.8, 4) is 0 Å². The van der Waals surface area contributed by atoms with Crippen LogP contribution in [0.15, 0.2) is 11.5 Å². The lowest BCUT2D eigenvalue weighted by molar-refractivity contribution is -0.154. The van der Waals surface area contributed by atoms with Crippen LogP contribution < -0.4 is 0 Å². The molecule has 2 unspecified atom stereocenters. The van der Waals surface area contributed by atoms with E-state index in [2.05, 4.69) is 9.47 Å². The van der Waals surface area contributed by atoms with Crippen LogP contribution in [0.2, 0.25) is 0 Å². The predicted molar refractivity (Wildman–Crippen MR) is 49.4 cm³/mol. The molecule has 1 heterocycles. The summed E-state index contributed by atoms with van der Waals surface area (Å²) in [6, 6.07) is 0. The van der Waals surface area contributed by atoms with E-state index in [0.29, 0.717) is 0 Å². The summed E-state index contributed by atoms with van der Waals surface area (Å²) < 4.78 is 9.05. The minimum atomic E-state index is -1.41. The number of ether oxygens (including phenoxy) is 2. The Kier molecular flexibility index (Phi) is 3.73. The molecule has 90 valence electrons. The molecule has 0 aromatic heterocycles. The number of cyclic esters (lactones) is 1. The van der Waals surface area contributed by atoms with Crippen LogP contribution in [0.5, 0.6) is 0 Å². The van der Waals surface area contributed by atoms with Gasteiger partial charge < -0.3 is 24.8 Å². The molecule has 0 saturated heterocycles. The molecule has 0 radical (unpaired) electrons. The van der Waals surface area contributed by atoms with Gasteiger partial charge in [0.1, 0.15) is 12.7 Å². The Balaban J connectivity index is 2.53. The average Bonchev–Trinajstić information content (AvgIpc) is 2.53. The summed E-state index contributed by atoms with van der Waals surface area (Å²) in [5, 5.41) is 27.6. The molecule has 0 aromatic rings. The van der Waals surface area contributed by atoms with Gasteiger partial charge in [0.15, 0.2) is 11.9 Å². The number of rotatable bonds is 4. The molecule has 0 saturated carbocycles. The Morgan fingerprint density at radius 3 is 2.62 bits per heavy atom. The van der Waals surface area contributed by atoms with Crippen molar-refractivity contribution in [3.63, 3.8) is 0 Å². The molecule has 0 aromatic carbocycles. The lowest BCUT2D eigenvalue weighted by atomic mass is 10.2. The van der Waals surface area contributed by atoms with Crippen molar-refractivity contribution in [1.29, 1.82) is 0 Å². The molecule has 2 atom stereocenters. The third-order valence-corrected chi connectivity index (χ3v) is 1.99. The maximum atomic E-state index is 10.8. The van der Waals surface area contributed by atoms with E-state index < -0.39 is 42.3 Å². The predicted octanol–water partition coefficient (Wildman–Crippen LogP) is -0.446. The molecule has 0 bridgehead atoms. The number of aliphatic hydroxyl groups is 3. The van der Waals surface area contributed by atoms with Gasteiger partial charge in [-0.1, -0.05) is 6.92 Å². The van der Waals surface area contributed by atoms with E-state index in [1.54, 1.807) is 6.92 Å². The molecule has 3 N–H and O–H groups in total. The second-order valence-corrected chi connectivity index (χ2v) is 3.16. The van der Waals surface area contributed by atoms with Crippen LogP contribution in [0.3, 0.4) is 0 Å². The highest BCUT2D eigenvalue weighted by molar-refractivity contribution is 5.89. The molecule has 1 aliphatic heterocycles. The molecular formula is C9H12O7. The molecule has 7 nitrogen and oxygen atoms in total. The zero-order valence-corrected chi connectivity index (χ0v) is 8.54. The number of aliphatic hydroxyl groups excluding tert-OH is 3. The van der Waals surface area contributed by atoms with Crippen molar-refractivity contribution >= 4 is 11.9 Å². The molecule has 16 heavy (non-hydrogen) atoms. The average molecular weight is 232 g/mol. The number of carbonyl (C=O) groups is 2. The monoisotopic (exact) mass is 232 g/mol. The van der Waals surface area contributed by atoms with E-state index in [1.807, 2.05) is 0 Å². The summed E-state index contributed by atoms with van der Waals surface area (Å²) in [6.07, 6.45) is -2.66. The van der Waals surface area contributed by atoms with Gasteiger partial charge in [0.25, 0.3) is 0 Å².